The van der Waals surface area contributed by atoms with Crippen molar-refractivity contribution in [3.05, 3.63) is 35.4 Å². The van der Waals surface area contributed by atoms with E-state index in [2.05, 4.69) is 43.4 Å². The molecule has 0 aromatic heterocycles. The summed E-state index contributed by atoms with van der Waals surface area (Å²) in [5, 5.41) is 3.21. The fourth-order valence-electron chi connectivity index (χ4n) is 2.38. The van der Waals surface area contributed by atoms with Crippen LogP contribution in [0.15, 0.2) is 24.3 Å². The van der Waals surface area contributed by atoms with E-state index < -0.39 is 0 Å². The molecule has 1 aromatic carbocycles. The van der Waals surface area contributed by atoms with Gasteiger partial charge in [0.15, 0.2) is 0 Å². The Balaban J connectivity index is 2.01. The van der Waals surface area contributed by atoms with Gasteiger partial charge in [0, 0.05) is 26.2 Å². The number of rotatable bonds is 5. The number of hydrogen-bond donors (Lipinski definition) is 1. The molecule has 1 fully saturated rings. The molecule has 20 heavy (non-hydrogen) atoms. The molecule has 0 saturated carbocycles. The first-order valence-corrected chi connectivity index (χ1v) is 7.37. The molecule has 1 saturated heterocycles. The van der Waals surface area contributed by atoms with Crippen molar-refractivity contribution in [3.63, 3.8) is 0 Å². The van der Waals surface area contributed by atoms with Gasteiger partial charge in [-0.2, -0.15) is 0 Å². The maximum Gasteiger partial charge on any atom is 0.253 e. The number of benzene rings is 1. The standard InChI is InChI=1S/C16H24N2O2/c1-3-9-18(12-14-6-4-13(2)5-7-14)16(19)15-11-17-8-10-20-15/h4-7,15,17H,3,8-12H2,1-2H3. The number of morpholine rings is 1. The molecule has 0 spiro atoms. The molecule has 2 rings (SSSR count). The van der Waals surface area contributed by atoms with Crippen LogP contribution >= 0.6 is 0 Å². The molecule has 1 heterocycles. The minimum atomic E-state index is -0.333. The van der Waals surface area contributed by atoms with Crippen LogP contribution in [0.3, 0.4) is 0 Å². The highest BCUT2D eigenvalue weighted by molar-refractivity contribution is 5.81. The van der Waals surface area contributed by atoms with Crippen LogP contribution in [0.25, 0.3) is 0 Å². The summed E-state index contributed by atoms with van der Waals surface area (Å²) in [4.78, 5) is 14.4. The first-order chi connectivity index (χ1) is 9.70. The van der Waals surface area contributed by atoms with Crippen molar-refractivity contribution in [2.75, 3.05) is 26.2 Å². The van der Waals surface area contributed by atoms with Crippen LogP contribution in [0.1, 0.15) is 24.5 Å². The summed E-state index contributed by atoms with van der Waals surface area (Å²) in [5.74, 6) is 0.0969. The lowest BCUT2D eigenvalue weighted by molar-refractivity contribution is -0.145. The largest absolute Gasteiger partial charge is 0.366 e. The number of aryl methyl sites for hydroxylation is 1. The zero-order valence-corrected chi connectivity index (χ0v) is 12.4. The molecule has 1 N–H and O–H groups in total. The van der Waals surface area contributed by atoms with Crippen LogP contribution < -0.4 is 5.32 Å². The number of nitrogens with one attached hydrogen (secondary N) is 1. The molecular formula is C16H24N2O2. The molecular weight excluding hydrogens is 252 g/mol. The summed E-state index contributed by atoms with van der Waals surface area (Å²) in [6, 6.07) is 8.35. The molecule has 4 heteroatoms. The number of hydrogen-bond acceptors (Lipinski definition) is 3. The van der Waals surface area contributed by atoms with Crippen molar-refractivity contribution in [1.29, 1.82) is 0 Å². The fourth-order valence-corrected chi connectivity index (χ4v) is 2.38. The zero-order valence-electron chi connectivity index (χ0n) is 12.4. The zero-order chi connectivity index (χ0) is 14.4. The van der Waals surface area contributed by atoms with E-state index >= 15 is 0 Å². The SMILES string of the molecule is CCCN(Cc1ccc(C)cc1)C(=O)C1CNCCO1. The van der Waals surface area contributed by atoms with Crippen LogP contribution in [-0.4, -0.2) is 43.2 Å². The van der Waals surface area contributed by atoms with Gasteiger partial charge in [-0.05, 0) is 18.9 Å². The predicted octanol–water partition coefficient (Wildman–Crippen LogP) is 1.72. The Kier molecular flexibility index (Phi) is 5.56. The quantitative estimate of drug-likeness (QED) is 0.890. The minimum Gasteiger partial charge on any atom is -0.366 e. The summed E-state index contributed by atoms with van der Waals surface area (Å²) in [5.41, 5.74) is 2.41. The van der Waals surface area contributed by atoms with Crippen molar-refractivity contribution < 1.29 is 9.53 Å². The van der Waals surface area contributed by atoms with Gasteiger partial charge in [0.25, 0.3) is 5.91 Å². The fraction of sp³-hybridized carbons (Fsp3) is 0.562. The Labute approximate surface area is 121 Å². The van der Waals surface area contributed by atoms with Crippen LogP contribution in [0.2, 0.25) is 0 Å². The topological polar surface area (TPSA) is 41.6 Å². The van der Waals surface area contributed by atoms with Crippen LogP contribution in [0, 0.1) is 6.92 Å². The minimum absolute atomic E-state index is 0.0969. The van der Waals surface area contributed by atoms with Crippen molar-refractivity contribution >= 4 is 5.91 Å². The average Bonchev–Trinajstić information content (AvgIpc) is 2.49. The summed E-state index contributed by atoms with van der Waals surface area (Å²) in [6.45, 7) is 7.65. The maximum atomic E-state index is 12.5. The van der Waals surface area contributed by atoms with E-state index in [0.717, 1.165) is 19.5 Å². The lowest BCUT2D eigenvalue weighted by Crippen LogP contribution is -2.49. The molecule has 0 radical (unpaired) electrons. The third-order valence-corrected chi connectivity index (χ3v) is 3.50. The lowest BCUT2D eigenvalue weighted by atomic mass is 10.1. The van der Waals surface area contributed by atoms with Crippen molar-refractivity contribution in [3.8, 4) is 0 Å². The number of carbonyl (C=O) groups is 1. The second kappa shape index (κ2) is 7.41. The van der Waals surface area contributed by atoms with Crippen molar-refractivity contribution in [2.24, 2.45) is 0 Å². The summed E-state index contributed by atoms with van der Waals surface area (Å²) in [6.07, 6.45) is 0.623. The van der Waals surface area contributed by atoms with Gasteiger partial charge in [-0.15, -0.1) is 0 Å². The van der Waals surface area contributed by atoms with Gasteiger partial charge >= 0.3 is 0 Å². The van der Waals surface area contributed by atoms with Gasteiger partial charge in [-0.25, -0.2) is 0 Å². The predicted molar refractivity (Wildman–Crippen MR) is 79.5 cm³/mol. The van der Waals surface area contributed by atoms with E-state index in [9.17, 15) is 4.79 Å². The molecule has 1 atom stereocenters. The molecule has 1 unspecified atom stereocenters. The molecule has 4 nitrogen and oxygen atoms in total. The van der Waals surface area contributed by atoms with Crippen molar-refractivity contribution in [2.45, 2.75) is 32.9 Å². The molecule has 1 amide bonds. The van der Waals surface area contributed by atoms with E-state index in [0.29, 0.717) is 19.7 Å². The Morgan fingerprint density at radius 1 is 1.40 bits per heavy atom. The number of carbonyl (C=O) groups excluding carboxylic acids is 1. The highest BCUT2D eigenvalue weighted by atomic mass is 16.5. The summed E-state index contributed by atoms with van der Waals surface area (Å²) < 4.78 is 5.57. The van der Waals surface area contributed by atoms with E-state index in [1.54, 1.807) is 0 Å². The third kappa shape index (κ3) is 4.05. The highest BCUT2D eigenvalue weighted by Crippen LogP contribution is 2.11. The van der Waals surface area contributed by atoms with E-state index in [-0.39, 0.29) is 12.0 Å². The van der Waals surface area contributed by atoms with Gasteiger partial charge in [0.2, 0.25) is 0 Å². The molecule has 1 aromatic rings. The van der Waals surface area contributed by atoms with E-state index in [1.165, 1.54) is 11.1 Å². The first kappa shape index (κ1) is 15.0. The molecule has 1 aliphatic heterocycles. The number of amides is 1. The van der Waals surface area contributed by atoms with Crippen LogP contribution in [0.5, 0.6) is 0 Å². The molecule has 1 aliphatic rings. The molecule has 110 valence electrons. The second-order valence-corrected chi connectivity index (χ2v) is 5.31. The summed E-state index contributed by atoms with van der Waals surface area (Å²) >= 11 is 0. The van der Waals surface area contributed by atoms with Crippen LogP contribution in [0.4, 0.5) is 0 Å². The summed E-state index contributed by atoms with van der Waals surface area (Å²) in [7, 11) is 0. The van der Waals surface area contributed by atoms with Crippen LogP contribution in [-0.2, 0) is 16.1 Å². The molecule has 0 bridgehead atoms. The van der Waals surface area contributed by atoms with E-state index in [1.807, 2.05) is 4.90 Å². The number of nitrogens with zero attached hydrogens (tertiary/aromatic N) is 1. The van der Waals surface area contributed by atoms with Gasteiger partial charge < -0.3 is 15.0 Å². The van der Waals surface area contributed by atoms with Gasteiger partial charge in [0.05, 0.1) is 6.61 Å². The van der Waals surface area contributed by atoms with Crippen molar-refractivity contribution in [1.82, 2.24) is 10.2 Å². The molecule has 0 aliphatic carbocycles. The average molecular weight is 276 g/mol. The Bertz CT molecular complexity index is 425. The monoisotopic (exact) mass is 276 g/mol. The second-order valence-electron chi connectivity index (χ2n) is 5.31. The van der Waals surface area contributed by atoms with Gasteiger partial charge in [-0.1, -0.05) is 36.8 Å². The Morgan fingerprint density at radius 2 is 2.15 bits per heavy atom. The lowest BCUT2D eigenvalue weighted by Gasteiger charge is -2.29. The highest BCUT2D eigenvalue weighted by Gasteiger charge is 2.26. The van der Waals surface area contributed by atoms with Gasteiger partial charge in [0.1, 0.15) is 6.10 Å². The van der Waals surface area contributed by atoms with Gasteiger partial charge in [-0.3, -0.25) is 4.79 Å². The Morgan fingerprint density at radius 3 is 2.75 bits per heavy atom. The Hall–Kier alpha value is -1.39. The first-order valence-electron chi connectivity index (χ1n) is 7.37. The maximum absolute atomic E-state index is 12.5. The van der Waals surface area contributed by atoms with E-state index in [4.69, 9.17) is 4.74 Å². The number of ether oxygens (including phenoxy) is 1. The third-order valence-electron chi connectivity index (χ3n) is 3.50. The smallest absolute Gasteiger partial charge is 0.253 e. The normalized spacial score (nSPS) is 18.8.